The number of rotatable bonds is 10. The second kappa shape index (κ2) is 8.97. The Kier molecular flexibility index (Phi) is 7.64. The first-order valence-corrected chi connectivity index (χ1v) is 8.91. The van der Waals surface area contributed by atoms with E-state index in [1.54, 1.807) is 18.2 Å². The Morgan fingerprint density at radius 3 is 2.43 bits per heavy atom. The average Bonchev–Trinajstić information content (AvgIpc) is 2.49. The van der Waals surface area contributed by atoms with E-state index >= 15 is 0 Å². The van der Waals surface area contributed by atoms with Gasteiger partial charge in [0.15, 0.2) is 0 Å². The van der Waals surface area contributed by atoms with Gasteiger partial charge in [0.05, 0.1) is 4.90 Å². The number of likely N-dealkylation sites (N-methyl/N-ethyl adjacent to an activating group) is 1. The Labute approximate surface area is 128 Å². The molecule has 0 fully saturated rings. The lowest BCUT2D eigenvalue weighted by atomic mass is 10.1. The van der Waals surface area contributed by atoms with E-state index in [0.29, 0.717) is 18.0 Å². The molecular weight excluding hydrogens is 284 g/mol. The minimum atomic E-state index is -3.41. The summed E-state index contributed by atoms with van der Waals surface area (Å²) in [6.07, 6.45) is 3.62. The summed E-state index contributed by atoms with van der Waals surface area (Å²) in [7, 11) is -3.41. The van der Waals surface area contributed by atoms with Crippen LogP contribution in [0.5, 0.6) is 0 Å². The molecular formula is C16H26N2O2S. The number of hydrogen-bond acceptors (Lipinski definition) is 3. The maximum atomic E-state index is 12.4. The smallest absolute Gasteiger partial charge is 0.243 e. The average molecular weight is 310 g/mol. The van der Waals surface area contributed by atoms with Crippen molar-refractivity contribution in [3.8, 4) is 0 Å². The van der Waals surface area contributed by atoms with E-state index in [1.165, 1.54) is 9.87 Å². The number of nitrogens with zero attached hydrogens (tertiary/aromatic N) is 1. The first-order valence-electron chi connectivity index (χ1n) is 7.47. The van der Waals surface area contributed by atoms with E-state index in [0.717, 1.165) is 25.9 Å². The molecule has 21 heavy (non-hydrogen) atoms. The lowest BCUT2D eigenvalue weighted by molar-refractivity contribution is 0.460. The molecule has 118 valence electrons. The maximum Gasteiger partial charge on any atom is 0.243 e. The second-order valence-corrected chi connectivity index (χ2v) is 6.78. The van der Waals surface area contributed by atoms with Gasteiger partial charge in [-0.1, -0.05) is 32.1 Å². The van der Waals surface area contributed by atoms with Gasteiger partial charge in [-0.15, -0.1) is 6.58 Å². The molecule has 5 heteroatoms. The van der Waals surface area contributed by atoms with Crippen LogP contribution in [-0.4, -0.2) is 38.9 Å². The van der Waals surface area contributed by atoms with Crippen LogP contribution in [0.3, 0.4) is 0 Å². The van der Waals surface area contributed by atoms with Gasteiger partial charge in [0.1, 0.15) is 0 Å². The van der Waals surface area contributed by atoms with Crippen LogP contribution >= 0.6 is 0 Å². The summed E-state index contributed by atoms with van der Waals surface area (Å²) in [6.45, 7) is 10.3. The summed E-state index contributed by atoms with van der Waals surface area (Å²) >= 11 is 0. The summed E-state index contributed by atoms with van der Waals surface area (Å²) in [5, 5.41) is 3.28. The first kappa shape index (κ1) is 17.9. The number of aryl methyl sites for hydroxylation is 1. The van der Waals surface area contributed by atoms with Crippen LogP contribution in [0, 0.1) is 0 Å². The van der Waals surface area contributed by atoms with Crippen molar-refractivity contribution in [2.45, 2.75) is 31.6 Å². The predicted molar refractivity (Wildman–Crippen MR) is 87.9 cm³/mol. The molecule has 0 spiro atoms. The highest BCUT2D eigenvalue weighted by molar-refractivity contribution is 7.89. The van der Waals surface area contributed by atoms with Crippen molar-refractivity contribution in [2.24, 2.45) is 0 Å². The van der Waals surface area contributed by atoms with Crippen molar-refractivity contribution in [2.75, 3.05) is 26.2 Å². The van der Waals surface area contributed by atoms with Crippen LogP contribution in [0.15, 0.2) is 41.8 Å². The Morgan fingerprint density at radius 2 is 1.90 bits per heavy atom. The summed E-state index contributed by atoms with van der Waals surface area (Å²) < 4.78 is 26.3. The van der Waals surface area contributed by atoms with Crippen molar-refractivity contribution in [1.29, 1.82) is 0 Å². The minimum absolute atomic E-state index is 0.337. The molecule has 0 unspecified atom stereocenters. The van der Waals surface area contributed by atoms with Gasteiger partial charge in [0, 0.05) is 13.1 Å². The van der Waals surface area contributed by atoms with Crippen molar-refractivity contribution >= 4 is 10.0 Å². The zero-order valence-electron chi connectivity index (χ0n) is 13.0. The van der Waals surface area contributed by atoms with Gasteiger partial charge in [-0.05, 0) is 43.6 Å². The van der Waals surface area contributed by atoms with Crippen LogP contribution in [-0.2, 0) is 16.4 Å². The molecule has 0 bridgehead atoms. The first-order chi connectivity index (χ1) is 10.1. The molecule has 1 aromatic rings. The van der Waals surface area contributed by atoms with Gasteiger partial charge >= 0.3 is 0 Å². The van der Waals surface area contributed by atoms with Gasteiger partial charge in [-0.3, -0.25) is 0 Å². The summed E-state index contributed by atoms with van der Waals surface area (Å²) in [5.74, 6) is 0. The third-order valence-corrected chi connectivity index (χ3v) is 5.27. The van der Waals surface area contributed by atoms with Crippen LogP contribution in [0.2, 0.25) is 0 Å². The van der Waals surface area contributed by atoms with Gasteiger partial charge < -0.3 is 5.32 Å². The van der Waals surface area contributed by atoms with Gasteiger partial charge in [-0.2, -0.15) is 4.31 Å². The largest absolute Gasteiger partial charge is 0.317 e. The SMILES string of the molecule is C=CCN(CC)S(=O)(=O)c1ccc(CCCNCC)cc1. The van der Waals surface area contributed by atoms with Crippen molar-refractivity contribution < 1.29 is 8.42 Å². The summed E-state index contributed by atoms with van der Waals surface area (Å²) in [6, 6.07) is 7.20. The quantitative estimate of drug-likeness (QED) is 0.533. The van der Waals surface area contributed by atoms with E-state index < -0.39 is 10.0 Å². The van der Waals surface area contributed by atoms with Crippen molar-refractivity contribution in [1.82, 2.24) is 9.62 Å². The molecule has 0 radical (unpaired) electrons. The molecule has 0 heterocycles. The summed E-state index contributed by atoms with van der Waals surface area (Å²) in [5.41, 5.74) is 1.17. The fraction of sp³-hybridized carbons (Fsp3) is 0.500. The fourth-order valence-electron chi connectivity index (χ4n) is 2.11. The zero-order valence-corrected chi connectivity index (χ0v) is 13.8. The second-order valence-electron chi connectivity index (χ2n) is 4.85. The highest BCUT2D eigenvalue weighted by Crippen LogP contribution is 2.17. The number of sulfonamides is 1. The molecule has 1 aromatic carbocycles. The fourth-order valence-corrected chi connectivity index (χ4v) is 3.53. The van der Waals surface area contributed by atoms with Crippen LogP contribution < -0.4 is 5.32 Å². The molecule has 0 saturated heterocycles. The Bertz CT molecular complexity index is 524. The monoisotopic (exact) mass is 310 g/mol. The lowest BCUT2D eigenvalue weighted by Gasteiger charge is -2.18. The Balaban J connectivity index is 2.74. The highest BCUT2D eigenvalue weighted by atomic mass is 32.2. The number of benzene rings is 1. The molecule has 1 rings (SSSR count). The Morgan fingerprint density at radius 1 is 1.24 bits per heavy atom. The van der Waals surface area contributed by atoms with Gasteiger partial charge in [0.25, 0.3) is 0 Å². The number of nitrogens with one attached hydrogen (secondary N) is 1. The molecule has 0 aliphatic carbocycles. The van der Waals surface area contributed by atoms with Crippen LogP contribution in [0.25, 0.3) is 0 Å². The lowest BCUT2D eigenvalue weighted by Crippen LogP contribution is -2.31. The van der Waals surface area contributed by atoms with E-state index in [-0.39, 0.29) is 0 Å². The number of hydrogen-bond donors (Lipinski definition) is 1. The van der Waals surface area contributed by atoms with Gasteiger partial charge in [-0.25, -0.2) is 8.42 Å². The molecule has 0 aromatic heterocycles. The van der Waals surface area contributed by atoms with Crippen molar-refractivity contribution in [3.05, 3.63) is 42.5 Å². The molecule has 0 aliphatic rings. The van der Waals surface area contributed by atoms with Crippen LogP contribution in [0.1, 0.15) is 25.8 Å². The minimum Gasteiger partial charge on any atom is -0.317 e. The van der Waals surface area contributed by atoms with Crippen LogP contribution in [0.4, 0.5) is 0 Å². The molecule has 0 saturated carbocycles. The molecule has 1 N–H and O–H groups in total. The van der Waals surface area contributed by atoms with E-state index in [9.17, 15) is 8.42 Å². The molecule has 0 amide bonds. The molecule has 0 aliphatic heterocycles. The van der Waals surface area contributed by atoms with Crippen molar-refractivity contribution in [3.63, 3.8) is 0 Å². The van der Waals surface area contributed by atoms with Gasteiger partial charge in [0.2, 0.25) is 10.0 Å². The Hall–Kier alpha value is -1.17. The van der Waals surface area contributed by atoms with E-state index in [4.69, 9.17) is 0 Å². The highest BCUT2D eigenvalue weighted by Gasteiger charge is 2.21. The predicted octanol–water partition coefficient (Wildman–Crippen LogP) is 2.43. The molecule has 0 atom stereocenters. The zero-order chi connectivity index (χ0) is 15.7. The third kappa shape index (κ3) is 5.26. The normalized spacial score (nSPS) is 11.8. The van der Waals surface area contributed by atoms with E-state index in [2.05, 4.69) is 18.8 Å². The van der Waals surface area contributed by atoms with E-state index in [1.807, 2.05) is 19.1 Å². The molecule has 4 nitrogen and oxygen atoms in total. The summed E-state index contributed by atoms with van der Waals surface area (Å²) in [4.78, 5) is 0.349. The third-order valence-electron chi connectivity index (χ3n) is 3.32. The standard InChI is InChI=1S/C16H26N2O2S/c1-4-14-18(6-3)21(19,20)16-11-9-15(10-12-16)8-7-13-17-5-2/h4,9-12,17H,1,5-8,13-14H2,2-3H3. The maximum absolute atomic E-state index is 12.4. The topological polar surface area (TPSA) is 49.4 Å².